The number of nitrogens with two attached hydrogens (primary N) is 1. The lowest BCUT2D eigenvalue weighted by atomic mass is 10.3. The maximum atomic E-state index is 12.8. The Kier molecular flexibility index (Phi) is 3.67. The van der Waals surface area contributed by atoms with Crippen LogP contribution in [-0.4, -0.2) is 20.2 Å². The third-order valence-electron chi connectivity index (χ3n) is 1.79. The first kappa shape index (κ1) is 9.95. The van der Waals surface area contributed by atoms with E-state index in [-0.39, 0.29) is 5.82 Å². The molecule has 2 N–H and O–H groups in total. The lowest BCUT2D eigenvalue weighted by Gasteiger charge is -2.18. The number of hydrogen-bond acceptors (Lipinski definition) is 3. The van der Waals surface area contributed by atoms with E-state index in [4.69, 9.17) is 5.90 Å². The third-order valence-corrected chi connectivity index (χ3v) is 1.79. The minimum atomic E-state index is -0.238. The summed E-state index contributed by atoms with van der Waals surface area (Å²) in [6.45, 7) is 1.06. The van der Waals surface area contributed by atoms with Gasteiger partial charge in [0.05, 0.1) is 6.61 Å². The van der Waals surface area contributed by atoms with Crippen molar-refractivity contribution in [3.8, 4) is 0 Å². The van der Waals surface area contributed by atoms with Gasteiger partial charge < -0.3 is 9.74 Å². The zero-order valence-corrected chi connectivity index (χ0v) is 7.53. The minimum Gasteiger partial charge on any atom is -0.372 e. The summed E-state index contributed by atoms with van der Waals surface area (Å²) < 4.78 is 12.8. The molecule has 0 fully saturated rings. The molecular formula is C9H13FN2O. The highest BCUT2D eigenvalue weighted by Crippen LogP contribution is 2.12. The number of benzene rings is 1. The SMILES string of the molecule is CN(CCON)c1cccc(F)c1. The van der Waals surface area contributed by atoms with Crippen LogP contribution in [0, 0.1) is 5.82 Å². The van der Waals surface area contributed by atoms with E-state index in [1.807, 2.05) is 18.0 Å². The zero-order chi connectivity index (χ0) is 9.68. The fourth-order valence-corrected chi connectivity index (χ4v) is 1.03. The smallest absolute Gasteiger partial charge is 0.125 e. The first-order valence-electron chi connectivity index (χ1n) is 4.02. The number of nitrogens with zero attached hydrogens (tertiary/aromatic N) is 1. The molecule has 0 heterocycles. The summed E-state index contributed by atoms with van der Waals surface area (Å²) in [7, 11) is 1.85. The Labute approximate surface area is 76.9 Å². The largest absolute Gasteiger partial charge is 0.372 e. The van der Waals surface area contributed by atoms with Crippen molar-refractivity contribution in [1.29, 1.82) is 0 Å². The van der Waals surface area contributed by atoms with Crippen molar-refractivity contribution in [2.75, 3.05) is 25.1 Å². The van der Waals surface area contributed by atoms with Gasteiger partial charge in [-0.3, -0.25) is 0 Å². The van der Waals surface area contributed by atoms with E-state index < -0.39 is 0 Å². The highest BCUT2D eigenvalue weighted by atomic mass is 19.1. The summed E-state index contributed by atoms with van der Waals surface area (Å²) in [6.07, 6.45) is 0. The van der Waals surface area contributed by atoms with E-state index in [9.17, 15) is 4.39 Å². The van der Waals surface area contributed by atoms with E-state index in [1.165, 1.54) is 12.1 Å². The lowest BCUT2D eigenvalue weighted by Crippen LogP contribution is -2.23. The van der Waals surface area contributed by atoms with Crippen molar-refractivity contribution < 1.29 is 9.23 Å². The average Bonchev–Trinajstić information content (AvgIpc) is 2.14. The monoisotopic (exact) mass is 184 g/mol. The number of likely N-dealkylation sites (N-methyl/N-ethyl adjacent to an activating group) is 1. The van der Waals surface area contributed by atoms with Crippen molar-refractivity contribution in [1.82, 2.24) is 0 Å². The van der Waals surface area contributed by atoms with Gasteiger partial charge >= 0.3 is 0 Å². The highest BCUT2D eigenvalue weighted by Gasteiger charge is 2.00. The van der Waals surface area contributed by atoms with E-state index in [2.05, 4.69) is 4.84 Å². The molecule has 1 aromatic carbocycles. The predicted octanol–water partition coefficient (Wildman–Crippen LogP) is 1.15. The molecule has 1 rings (SSSR count). The second kappa shape index (κ2) is 4.79. The van der Waals surface area contributed by atoms with Crippen LogP contribution in [-0.2, 0) is 4.84 Å². The molecule has 0 radical (unpaired) electrons. The summed E-state index contributed by atoms with van der Waals surface area (Å²) in [4.78, 5) is 6.30. The topological polar surface area (TPSA) is 38.5 Å². The molecule has 1 aromatic rings. The molecular weight excluding hydrogens is 171 g/mol. The summed E-state index contributed by atoms with van der Waals surface area (Å²) in [5, 5.41) is 0. The highest BCUT2D eigenvalue weighted by molar-refractivity contribution is 5.45. The van der Waals surface area contributed by atoms with Crippen LogP contribution in [0.5, 0.6) is 0 Å². The van der Waals surface area contributed by atoms with Gasteiger partial charge in [-0.1, -0.05) is 6.07 Å². The zero-order valence-electron chi connectivity index (χ0n) is 7.53. The summed E-state index contributed by atoms with van der Waals surface area (Å²) in [5.41, 5.74) is 0.817. The third kappa shape index (κ3) is 3.01. The second-order valence-electron chi connectivity index (χ2n) is 2.77. The van der Waals surface area contributed by atoms with Gasteiger partial charge in [-0.25, -0.2) is 10.3 Å². The molecule has 0 atom stereocenters. The molecule has 0 aromatic heterocycles. The molecule has 0 saturated carbocycles. The van der Waals surface area contributed by atoms with Gasteiger partial charge in [-0.05, 0) is 18.2 Å². The van der Waals surface area contributed by atoms with Crippen LogP contribution in [0.3, 0.4) is 0 Å². The maximum absolute atomic E-state index is 12.8. The number of halogens is 1. The van der Waals surface area contributed by atoms with Gasteiger partial charge in [0, 0.05) is 19.3 Å². The molecule has 72 valence electrons. The van der Waals surface area contributed by atoms with Crippen LogP contribution in [0.15, 0.2) is 24.3 Å². The van der Waals surface area contributed by atoms with E-state index in [0.717, 1.165) is 5.69 Å². The molecule has 0 amide bonds. The Balaban J connectivity index is 2.60. The maximum Gasteiger partial charge on any atom is 0.125 e. The van der Waals surface area contributed by atoms with Gasteiger partial charge in [0.2, 0.25) is 0 Å². The first-order chi connectivity index (χ1) is 6.24. The first-order valence-corrected chi connectivity index (χ1v) is 4.02. The molecule has 0 unspecified atom stereocenters. The van der Waals surface area contributed by atoms with Crippen molar-refractivity contribution >= 4 is 5.69 Å². The van der Waals surface area contributed by atoms with Crippen LogP contribution in [0.1, 0.15) is 0 Å². The predicted molar refractivity (Wildman–Crippen MR) is 49.8 cm³/mol. The van der Waals surface area contributed by atoms with Gasteiger partial charge in [0.15, 0.2) is 0 Å². The molecule has 3 nitrogen and oxygen atoms in total. The summed E-state index contributed by atoms with van der Waals surface area (Å²) in [5.74, 6) is 4.65. The van der Waals surface area contributed by atoms with E-state index in [0.29, 0.717) is 13.2 Å². The molecule has 0 aliphatic carbocycles. The molecule has 4 heteroatoms. The van der Waals surface area contributed by atoms with Crippen molar-refractivity contribution in [2.24, 2.45) is 5.90 Å². The molecule has 0 aliphatic rings. The van der Waals surface area contributed by atoms with Gasteiger partial charge in [-0.15, -0.1) is 0 Å². The van der Waals surface area contributed by atoms with E-state index >= 15 is 0 Å². The Morgan fingerprint density at radius 2 is 2.31 bits per heavy atom. The molecule has 0 saturated heterocycles. The summed E-state index contributed by atoms with van der Waals surface area (Å²) in [6, 6.07) is 6.39. The number of anilines is 1. The molecule has 0 bridgehead atoms. The Bertz CT molecular complexity index is 268. The average molecular weight is 184 g/mol. The van der Waals surface area contributed by atoms with Crippen molar-refractivity contribution in [3.05, 3.63) is 30.1 Å². The minimum absolute atomic E-state index is 0.238. The van der Waals surface area contributed by atoms with Gasteiger partial charge in [0.25, 0.3) is 0 Å². The second-order valence-corrected chi connectivity index (χ2v) is 2.77. The normalized spacial score (nSPS) is 10.1. The Morgan fingerprint density at radius 1 is 1.54 bits per heavy atom. The Morgan fingerprint density at radius 3 is 2.92 bits per heavy atom. The van der Waals surface area contributed by atoms with Crippen LogP contribution < -0.4 is 10.8 Å². The van der Waals surface area contributed by atoms with Crippen LogP contribution in [0.25, 0.3) is 0 Å². The van der Waals surface area contributed by atoms with E-state index in [1.54, 1.807) is 6.07 Å². The van der Waals surface area contributed by atoms with Gasteiger partial charge in [-0.2, -0.15) is 0 Å². The number of hydrogen-bond donors (Lipinski definition) is 1. The molecule has 13 heavy (non-hydrogen) atoms. The van der Waals surface area contributed by atoms with Crippen LogP contribution in [0.4, 0.5) is 10.1 Å². The molecule has 0 aliphatic heterocycles. The fraction of sp³-hybridized carbons (Fsp3) is 0.333. The summed E-state index contributed by atoms with van der Waals surface area (Å²) >= 11 is 0. The fourth-order valence-electron chi connectivity index (χ4n) is 1.03. The Hall–Kier alpha value is -1.13. The lowest BCUT2D eigenvalue weighted by molar-refractivity contribution is 0.145. The van der Waals surface area contributed by atoms with Gasteiger partial charge in [0.1, 0.15) is 5.82 Å². The number of rotatable bonds is 4. The molecule has 0 spiro atoms. The van der Waals surface area contributed by atoms with Crippen molar-refractivity contribution in [3.63, 3.8) is 0 Å². The quantitative estimate of drug-likeness (QED) is 0.713. The van der Waals surface area contributed by atoms with Crippen LogP contribution in [0.2, 0.25) is 0 Å². The standard InChI is InChI=1S/C9H13FN2O/c1-12(5-6-13-11)9-4-2-3-8(10)7-9/h2-4,7H,5-6,11H2,1H3. The van der Waals surface area contributed by atoms with Crippen LogP contribution >= 0.6 is 0 Å². The van der Waals surface area contributed by atoms with Crippen molar-refractivity contribution in [2.45, 2.75) is 0 Å².